The Hall–Kier alpha value is -1.63. The number of anilines is 1. The van der Waals surface area contributed by atoms with Gasteiger partial charge in [0.1, 0.15) is 11.4 Å². The first-order chi connectivity index (χ1) is 10.1. The summed E-state index contributed by atoms with van der Waals surface area (Å²) < 4.78 is 21.6. The van der Waals surface area contributed by atoms with Gasteiger partial charge in [-0.15, -0.1) is 0 Å². The number of nitrogens with one attached hydrogen (secondary N) is 1. The summed E-state index contributed by atoms with van der Waals surface area (Å²) in [5.74, 6) is -1.06. The van der Waals surface area contributed by atoms with Gasteiger partial charge in [0.15, 0.2) is 11.6 Å². The fraction of sp³-hybridized carbons (Fsp3) is 0.0769. The van der Waals surface area contributed by atoms with Crippen LogP contribution in [0, 0.1) is 5.82 Å². The zero-order valence-electron chi connectivity index (χ0n) is 10.4. The molecule has 4 nitrogen and oxygen atoms in total. The highest BCUT2D eigenvalue weighted by Gasteiger charge is 2.19. The molecule has 0 saturated heterocycles. The molecule has 3 rings (SSSR count). The summed E-state index contributed by atoms with van der Waals surface area (Å²) in [6, 6.07) is 5.90. The van der Waals surface area contributed by atoms with Crippen LogP contribution in [0.25, 0.3) is 0 Å². The molecule has 0 radical (unpaired) electrons. The molecule has 0 aromatic heterocycles. The maximum atomic E-state index is 13.3. The minimum absolute atomic E-state index is 0.192. The molecular formula is C13H8Cl2FN3OS. The maximum absolute atomic E-state index is 13.3. The van der Waals surface area contributed by atoms with Crippen molar-refractivity contribution in [2.75, 3.05) is 5.32 Å². The molecule has 0 amide bonds. The van der Waals surface area contributed by atoms with E-state index in [0.717, 1.165) is 11.4 Å². The number of fused-ring (bicyclic) bond motifs is 1. The van der Waals surface area contributed by atoms with E-state index in [2.05, 4.69) is 14.0 Å². The molecule has 1 heterocycles. The van der Waals surface area contributed by atoms with Crippen LogP contribution < -0.4 is 5.32 Å². The third-order valence-electron chi connectivity index (χ3n) is 2.97. The summed E-state index contributed by atoms with van der Waals surface area (Å²) in [7, 11) is 0. The number of phenolic OH excluding ortho intramolecular Hbond substituents is 1. The Bertz CT molecular complexity index is 806. The molecular weight excluding hydrogens is 336 g/mol. The standard InChI is InChI=1S/C13H8Cl2FN3OS/c14-7-4-8(15)11-12(19-21-18-11)10(7)17-5-6-2-1-3-9(16)13(6)20/h1-4,17,20H,5H2. The van der Waals surface area contributed by atoms with Gasteiger partial charge < -0.3 is 10.4 Å². The van der Waals surface area contributed by atoms with Crippen molar-refractivity contribution in [3.8, 4) is 5.75 Å². The number of benzene rings is 2. The highest BCUT2D eigenvalue weighted by molar-refractivity contribution is 7.58. The van der Waals surface area contributed by atoms with Crippen LogP contribution in [0.1, 0.15) is 5.56 Å². The topological polar surface area (TPSA) is 57.0 Å². The molecule has 0 saturated carbocycles. The Morgan fingerprint density at radius 3 is 2.76 bits per heavy atom. The zero-order chi connectivity index (χ0) is 15.0. The van der Waals surface area contributed by atoms with Gasteiger partial charge >= 0.3 is 0 Å². The van der Waals surface area contributed by atoms with Crippen molar-refractivity contribution in [3.63, 3.8) is 0 Å². The molecule has 2 N–H and O–H groups in total. The number of halogens is 3. The van der Waals surface area contributed by atoms with Crippen LogP contribution in [0.15, 0.2) is 33.0 Å². The number of hydrogen-bond acceptors (Lipinski definition) is 4. The van der Waals surface area contributed by atoms with Crippen molar-refractivity contribution < 1.29 is 9.50 Å². The molecule has 21 heavy (non-hydrogen) atoms. The van der Waals surface area contributed by atoms with Crippen LogP contribution >= 0.6 is 23.2 Å². The van der Waals surface area contributed by atoms with Gasteiger partial charge in [-0.1, -0.05) is 35.3 Å². The second-order valence-electron chi connectivity index (χ2n) is 4.28. The highest BCUT2D eigenvalue weighted by atomic mass is 35.5. The lowest BCUT2D eigenvalue weighted by molar-refractivity contribution is 0.427. The molecule has 0 aliphatic carbocycles. The van der Waals surface area contributed by atoms with E-state index in [9.17, 15) is 9.50 Å². The van der Waals surface area contributed by atoms with Crippen molar-refractivity contribution in [2.45, 2.75) is 6.54 Å². The average molecular weight is 344 g/mol. The Kier molecular flexibility index (Phi) is 3.84. The van der Waals surface area contributed by atoms with E-state index in [0.29, 0.717) is 32.7 Å². The summed E-state index contributed by atoms with van der Waals surface area (Å²) in [6.07, 6.45) is 0. The van der Waals surface area contributed by atoms with Gasteiger partial charge in [-0.05, 0) is 12.1 Å². The van der Waals surface area contributed by atoms with Gasteiger partial charge in [0.25, 0.3) is 0 Å². The summed E-state index contributed by atoms with van der Waals surface area (Å²) in [4.78, 5) is 0. The van der Waals surface area contributed by atoms with E-state index < -0.39 is 5.82 Å². The molecule has 108 valence electrons. The van der Waals surface area contributed by atoms with Crippen molar-refractivity contribution in [1.29, 1.82) is 0 Å². The lowest BCUT2D eigenvalue weighted by atomic mass is 10.1. The van der Waals surface area contributed by atoms with E-state index in [1.807, 2.05) is 0 Å². The Morgan fingerprint density at radius 2 is 1.95 bits per heavy atom. The first-order valence-corrected chi connectivity index (χ1v) is 7.37. The summed E-state index contributed by atoms with van der Waals surface area (Å²) in [5.41, 5.74) is 2.07. The van der Waals surface area contributed by atoms with Gasteiger partial charge in [-0.25, -0.2) is 4.39 Å². The van der Waals surface area contributed by atoms with E-state index in [4.69, 9.17) is 23.2 Å². The smallest absolute Gasteiger partial charge is 0.165 e. The fourth-order valence-corrected chi connectivity index (χ4v) is 3.11. The number of para-hydroxylation sites is 1. The van der Waals surface area contributed by atoms with Gasteiger partial charge in [0, 0.05) is 12.1 Å². The van der Waals surface area contributed by atoms with Crippen molar-refractivity contribution >= 4 is 51.6 Å². The minimum atomic E-state index is -0.669. The fourth-order valence-electron chi connectivity index (χ4n) is 1.93. The van der Waals surface area contributed by atoms with Crippen molar-refractivity contribution in [1.82, 2.24) is 0 Å². The van der Waals surface area contributed by atoms with Crippen LogP contribution in [0.3, 0.4) is 0 Å². The van der Waals surface area contributed by atoms with Crippen LogP contribution in [0.2, 0.25) is 10.0 Å². The lowest BCUT2D eigenvalue weighted by Crippen LogP contribution is -2.01. The molecule has 0 spiro atoms. The van der Waals surface area contributed by atoms with E-state index >= 15 is 0 Å². The normalized spacial score (nSPS) is 12.1. The Morgan fingerprint density at radius 1 is 1.19 bits per heavy atom. The molecule has 0 fully saturated rings. The summed E-state index contributed by atoms with van der Waals surface area (Å²) >= 11 is 13.2. The van der Waals surface area contributed by atoms with Crippen molar-refractivity contribution in [2.24, 2.45) is 8.73 Å². The molecule has 0 bridgehead atoms. The average Bonchev–Trinajstić information content (AvgIpc) is 2.92. The van der Waals surface area contributed by atoms with Crippen LogP contribution in [0.5, 0.6) is 5.75 Å². The molecule has 8 heteroatoms. The number of hydrogen-bond donors (Lipinski definition) is 2. The molecule has 1 aliphatic heterocycles. The quantitative estimate of drug-likeness (QED) is 0.688. The van der Waals surface area contributed by atoms with E-state index in [1.54, 1.807) is 12.1 Å². The van der Waals surface area contributed by atoms with Crippen LogP contribution in [0.4, 0.5) is 21.5 Å². The number of aromatic hydroxyl groups is 1. The number of nitrogens with zero attached hydrogens (tertiary/aromatic N) is 2. The number of rotatable bonds is 3. The van der Waals surface area contributed by atoms with Crippen LogP contribution in [-0.2, 0) is 17.9 Å². The molecule has 2 aromatic rings. The summed E-state index contributed by atoms with van der Waals surface area (Å²) in [6.45, 7) is 0.192. The Labute approximate surface area is 133 Å². The molecule has 2 aromatic carbocycles. The third-order valence-corrected chi connectivity index (χ3v) is 4.08. The Balaban J connectivity index is 1.92. The third kappa shape index (κ3) is 2.62. The first-order valence-electron chi connectivity index (χ1n) is 5.88. The zero-order valence-corrected chi connectivity index (χ0v) is 12.7. The van der Waals surface area contributed by atoms with Gasteiger partial charge in [-0.2, -0.15) is 8.73 Å². The number of phenols is 1. The minimum Gasteiger partial charge on any atom is -0.505 e. The predicted molar refractivity (Wildman–Crippen MR) is 83.4 cm³/mol. The molecule has 0 atom stereocenters. The predicted octanol–water partition coefficient (Wildman–Crippen LogP) is 5.18. The van der Waals surface area contributed by atoms with E-state index in [1.165, 1.54) is 12.1 Å². The highest BCUT2D eigenvalue weighted by Crippen LogP contribution is 2.47. The molecule has 0 unspecified atom stereocenters. The van der Waals surface area contributed by atoms with Gasteiger partial charge in [0.2, 0.25) is 0 Å². The SMILES string of the molecule is Oc1c(F)cccc1CNc1c(Cl)cc(Cl)c2c1N=S=N2. The van der Waals surface area contributed by atoms with Crippen molar-refractivity contribution in [3.05, 3.63) is 45.7 Å². The maximum Gasteiger partial charge on any atom is 0.165 e. The lowest BCUT2D eigenvalue weighted by Gasteiger charge is -2.13. The monoisotopic (exact) mass is 343 g/mol. The van der Waals surface area contributed by atoms with Gasteiger partial charge in [-0.3, -0.25) is 0 Å². The first kappa shape index (κ1) is 14.3. The van der Waals surface area contributed by atoms with Crippen LogP contribution in [-0.4, -0.2) is 5.11 Å². The molecule has 1 aliphatic rings. The largest absolute Gasteiger partial charge is 0.505 e. The second-order valence-corrected chi connectivity index (χ2v) is 5.62. The van der Waals surface area contributed by atoms with E-state index in [-0.39, 0.29) is 12.3 Å². The summed E-state index contributed by atoms with van der Waals surface area (Å²) in [5, 5.41) is 13.5. The van der Waals surface area contributed by atoms with Gasteiger partial charge in [0.05, 0.1) is 27.1 Å². The second kappa shape index (κ2) is 5.63.